The summed E-state index contributed by atoms with van der Waals surface area (Å²) in [5.74, 6) is 0. The van der Waals surface area contributed by atoms with Gasteiger partial charge in [0.2, 0.25) is 0 Å². The summed E-state index contributed by atoms with van der Waals surface area (Å²) in [5, 5.41) is 19.8. The Labute approximate surface area is 93.9 Å². The van der Waals surface area contributed by atoms with Gasteiger partial charge in [0.1, 0.15) is 0 Å². The van der Waals surface area contributed by atoms with E-state index in [0.717, 1.165) is 0 Å². The maximum Gasteiger partial charge on any atom is 1.00 e. The minimum absolute atomic E-state index is 0. The molecule has 0 aliphatic carbocycles. The quantitative estimate of drug-likeness (QED) is 0.312. The van der Waals surface area contributed by atoms with Gasteiger partial charge in [0.05, 0.1) is 0 Å². The Bertz CT molecular complexity index is 132. The van der Waals surface area contributed by atoms with Crippen LogP contribution < -0.4 is 51.4 Å². The molecule has 0 bridgehead atoms. The fourth-order valence-electron chi connectivity index (χ4n) is 0.0855. The van der Waals surface area contributed by atoms with E-state index in [9.17, 15) is 9.59 Å². The Morgan fingerprint density at radius 1 is 1.11 bits per heavy atom. The molecule has 0 saturated carbocycles. The number of azo groups is 1. The topological polar surface area (TPSA) is 99.3 Å². The molecule has 2 amide bonds. The second-order valence-corrected chi connectivity index (χ2v) is 0.765. The number of carbonyl (C=O) groups is 2. The Kier molecular flexibility index (Phi) is 8.34. The molecule has 0 rings (SSSR count). The summed E-state index contributed by atoms with van der Waals surface area (Å²) in [5.41, 5.74) is 0. The first-order chi connectivity index (χ1) is 3.63. The van der Waals surface area contributed by atoms with Gasteiger partial charge in [-0.25, -0.2) is 9.59 Å². The molecular weight excluding hydrogens is 155 g/mol. The van der Waals surface area contributed by atoms with Crippen molar-refractivity contribution in [3.63, 3.8) is 0 Å². The van der Waals surface area contributed by atoms with Crippen LogP contribution in [-0.4, -0.2) is 22.4 Å². The van der Waals surface area contributed by atoms with Crippen LogP contribution >= 0.6 is 0 Å². The van der Waals surface area contributed by atoms with Crippen LogP contribution in [0.15, 0.2) is 10.2 Å². The summed E-state index contributed by atoms with van der Waals surface area (Å²) in [4.78, 5) is 18.8. The van der Waals surface area contributed by atoms with E-state index < -0.39 is 12.2 Å². The van der Waals surface area contributed by atoms with Gasteiger partial charge in [-0.05, 0) is 0 Å². The number of nitrogens with zero attached hydrogens (tertiary/aromatic N) is 2. The molecular formula is C2H3KN2O4. The molecule has 0 aromatic heterocycles. The number of carboxylic acid groups (broad SMARTS) is 2. The monoisotopic (exact) mass is 158 g/mol. The van der Waals surface area contributed by atoms with Crippen molar-refractivity contribution in [3.8, 4) is 0 Å². The third-order valence-electron chi connectivity index (χ3n) is 0.221. The standard InChI is InChI=1S/C2H2N2O4.K.H/c5-1(6)3-4-2(7)8;;/h(H,5,6)(H,7,8);;/q;+1;-1. The molecule has 0 aromatic carbocycles. The summed E-state index contributed by atoms with van der Waals surface area (Å²) >= 11 is 0. The molecule has 46 valence electrons. The maximum absolute atomic E-state index is 9.38. The third kappa shape index (κ3) is 11.6. The predicted octanol–water partition coefficient (Wildman–Crippen LogP) is -2.09. The molecule has 7 heteroatoms. The van der Waals surface area contributed by atoms with Crippen molar-refractivity contribution < 1.29 is 72.6 Å². The Balaban J connectivity index is -0.000000245. The molecule has 0 heterocycles. The average Bonchev–Trinajstić information content (AvgIpc) is 1.61. The third-order valence-corrected chi connectivity index (χ3v) is 0.221. The first-order valence-corrected chi connectivity index (χ1v) is 1.50. The smallest absolute Gasteiger partial charge is 1.00 e. The van der Waals surface area contributed by atoms with Gasteiger partial charge in [-0.2, -0.15) is 0 Å². The molecule has 0 radical (unpaired) electrons. The van der Waals surface area contributed by atoms with Gasteiger partial charge < -0.3 is 11.6 Å². The van der Waals surface area contributed by atoms with Crippen molar-refractivity contribution in [2.45, 2.75) is 0 Å². The number of hydrogen-bond donors (Lipinski definition) is 2. The van der Waals surface area contributed by atoms with E-state index in [1.54, 1.807) is 0 Å². The normalized spacial score (nSPS) is 8.44. The molecule has 2 N–H and O–H groups in total. The van der Waals surface area contributed by atoms with Crippen LogP contribution in [0, 0.1) is 0 Å². The van der Waals surface area contributed by atoms with Crippen LogP contribution in [0.3, 0.4) is 0 Å². The molecule has 0 aromatic rings. The van der Waals surface area contributed by atoms with Gasteiger partial charge >= 0.3 is 63.6 Å². The van der Waals surface area contributed by atoms with Crippen LogP contribution in [0.4, 0.5) is 9.59 Å². The minimum atomic E-state index is -1.62. The molecule has 0 spiro atoms. The van der Waals surface area contributed by atoms with Crippen LogP contribution in [-0.2, 0) is 0 Å². The summed E-state index contributed by atoms with van der Waals surface area (Å²) in [7, 11) is 0. The summed E-state index contributed by atoms with van der Waals surface area (Å²) < 4.78 is 0. The van der Waals surface area contributed by atoms with E-state index in [0.29, 0.717) is 0 Å². The van der Waals surface area contributed by atoms with Gasteiger partial charge in [-0.15, -0.1) is 0 Å². The molecule has 0 aliphatic heterocycles. The first-order valence-electron chi connectivity index (χ1n) is 1.50. The molecule has 9 heavy (non-hydrogen) atoms. The fraction of sp³-hybridized carbons (Fsp3) is 0. The number of amides is 2. The van der Waals surface area contributed by atoms with E-state index >= 15 is 0 Å². The largest absolute Gasteiger partial charge is 1.00 e. The van der Waals surface area contributed by atoms with Crippen molar-refractivity contribution in [1.29, 1.82) is 0 Å². The van der Waals surface area contributed by atoms with E-state index in [-0.39, 0.29) is 52.8 Å². The molecule has 6 nitrogen and oxygen atoms in total. The van der Waals surface area contributed by atoms with Crippen LogP contribution in [0.1, 0.15) is 1.43 Å². The van der Waals surface area contributed by atoms with Crippen LogP contribution in [0.5, 0.6) is 0 Å². The zero-order valence-electron chi connectivity index (χ0n) is 5.61. The molecule has 0 unspecified atom stereocenters. The molecule has 0 saturated heterocycles. The summed E-state index contributed by atoms with van der Waals surface area (Å²) in [6.07, 6.45) is -3.24. The van der Waals surface area contributed by atoms with E-state index in [4.69, 9.17) is 10.2 Å². The van der Waals surface area contributed by atoms with Crippen molar-refractivity contribution in [3.05, 3.63) is 0 Å². The van der Waals surface area contributed by atoms with Gasteiger partial charge in [0.25, 0.3) is 0 Å². The van der Waals surface area contributed by atoms with Gasteiger partial charge in [-0.3, -0.25) is 0 Å². The van der Waals surface area contributed by atoms with E-state index in [1.807, 2.05) is 0 Å². The second-order valence-electron chi connectivity index (χ2n) is 0.765. The molecule has 0 fully saturated rings. The molecule has 0 atom stereocenters. The predicted molar refractivity (Wildman–Crippen MR) is 22.0 cm³/mol. The van der Waals surface area contributed by atoms with Gasteiger partial charge in [0.15, 0.2) is 0 Å². The summed E-state index contributed by atoms with van der Waals surface area (Å²) in [6.45, 7) is 0. The van der Waals surface area contributed by atoms with E-state index in [1.165, 1.54) is 0 Å². The Morgan fingerprint density at radius 2 is 1.33 bits per heavy atom. The van der Waals surface area contributed by atoms with Crippen LogP contribution in [0.25, 0.3) is 0 Å². The molecule has 0 aliphatic rings. The van der Waals surface area contributed by atoms with Crippen molar-refractivity contribution >= 4 is 12.2 Å². The Hall–Kier alpha value is 0.176. The zero-order chi connectivity index (χ0) is 6.57. The number of rotatable bonds is 0. The fourth-order valence-corrected chi connectivity index (χ4v) is 0.0855. The van der Waals surface area contributed by atoms with E-state index in [2.05, 4.69) is 10.2 Å². The minimum Gasteiger partial charge on any atom is -1.00 e. The average molecular weight is 158 g/mol. The summed E-state index contributed by atoms with van der Waals surface area (Å²) in [6, 6.07) is 0. The Morgan fingerprint density at radius 3 is 1.44 bits per heavy atom. The zero-order valence-corrected chi connectivity index (χ0v) is 7.73. The second kappa shape index (κ2) is 6.30. The van der Waals surface area contributed by atoms with Gasteiger partial charge in [-0.1, -0.05) is 10.2 Å². The van der Waals surface area contributed by atoms with Crippen molar-refractivity contribution in [2.75, 3.05) is 0 Å². The van der Waals surface area contributed by atoms with Crippen molar-refractivity contribution in [2.24, 2.45) is 10.2 Å². The first kappa shape index (κ1) is 11.9. The number of hydrogen-bond acceptors (Lipinski definition) is 2. The van der Waals surface area contributed by atoms with Crippen molar-refractivity contribution in [1.82, 2.24) is 0 Å². The van der Waals surface area contributed by atoms with Crippen LogP contribution in [0.2, 0.25) is 0 Å². The van der Waals surface area contributed by atoms with Gasteiger partial charge in [0, 0.05) is 0 Å². The maximum atomic E-state index is 9.38. The SMILES string of the molecule is O=C(O)N=NC(=O)O.[H-].[K+].